The fourth-order valence-electron chi connectivity index (χ4n) is 5.34. The number of hydrogen-bond donors (Lipinski definition) is 1. The Balaban J connectivity index is 1.05. The van der Waals surface area contributed by atoms with Crippen molar-refractivity contribution in [3.8, 4) is 17.2 Å². The summed E-state index contributed by atoms with van der Waals surface area (Å²) in [5.74, 6) is 2.36. The van der Waals surface area contributed by atoms with Crippen molar-refractivity contribution < 1.29 is 14.3 Å². The molecule has 1 amide bonds. The van der Waals surface area contributed by atoms with Gasteiger partial charge in [-0.15, -0.1) is 0 Å². The van der Waals surface area contributed by atoms with Crippen molar-refractivity contribution in [2.45, 2.75) is 44.6 Å². The summed E-state index contributed by atoms with van der Waals surface area (Å²) in [5, 5.41) is 3.19. The number of rotatable bonds is 14. The van der Waals surface area contributed by atoms with E-state index in [1.807, 2.05) is 78.9 Å². The highest BCUT2D eigenvalue weighted by Gasteiger charge is 2.24. The molecule has 0 saturated carbocycles. The van der Waals surface area contributed by atoms with Gasteiger partial charge in [-0.3, -0.25) is 14.6 Å². The SMILES string of the molecule is O=CN(/C=C\Nc1ccc(Oc2ccccc2)cc1)c1ccc(OCCN2CCCC2CCC2=CCCC=C2)cc1. The first-order chi connectivity index (χ1) is 20.3. The lowest BCUT2D eigenvalue weighted by Crippen LogP contribution is -2.33. The Kier molecular flexibility index (Phi) is 10.3. The van der Waals surface area contributed by atoms with E-state index in [0.717, 1.165) is 48.1 Å². The molecular formula is C35H39N3O3. The normalized spacial score (nSPS) is 16.9. The Bertz CT molecular complexity index is 1320. The number of nitrogens with zero attached hydrogens (tertiary/aromatic N) is 2. The number of ether oxygens (including phenoxy) is 2. The molecule has 41 heavy (non-hydrogen) atoms. The van der Waals surface area contributed by atoms with Crippen LogP contribution in [-0.2, 0) is 4.79 Å². The van der Waals surface area contributed by atoms with Crippen LogP contribution >= 0.6 is 0 Å². The average molecular weight is 550 g/mol. The van der Waals surface area contributed by atoms with Crippen LogP contribution in [0.4, 0.5) is 11.4 Å². The highest BCUT2D eigenvalue weighted by molar-refractivity contribution is 5.78. The largest absolute Gasteiger partial charge is 0.492 e. The Labute approximate surface area is 243 Å². The molecule has 1 unspecified atom stereocenters. The van der Waals surface area contributed by atoms with Gasteiger partial charge in [0.1, 0.15) is 23.9 Å². The van der Waals surface area contributed by atoms with Gasteiger partial charge in [-0.25, -0.2) is 0 Å². The van der Waals surface area contributed by atoms with Crippen molar-refractivity contribution in [1.29, 1.82) is 0 Å². The molecule has 1 aliphatic heterocycles. The fourth-order valence-corrected chi connectivity index (χ4v) is 5.34. The molecule has 5 rings (SSSR count). The van der Waals surface area contributed by atoms with Crippen LogP contribution in [0.1, 0.15) is 38.5 Å². The number of anilines is 2. The van der Waals surface area contributed by atoms with Crippen molar-refractivity contribution in [2.24, 2.45) is 0 Å². The summed E-state index contributed by atoms with van der Waals surface area (Å²) in [6.45, 7) is 2.76. The van der Waals surface area contributed by atoms with E-state index >= 15 is 0 Å². The summed E-state index contributed by atoms with van der Waals surface area (Å²) in [6, 6.07) is 25.6. The van der Waals surface area contributed by atoms with E-state index in [0.29, 0.717) is 12.6 Å². The Hall–Kier alpha value is -4.29. The number of hydrogen-bond acceptors (Lipinski definition) is 5. The van der Waals surface area contributed by atoms with Gasteiger partial charge in [-0.1, -0.05) is 42.0 Å². The van der Waals surface area contributed by atoms with Crippen LogP contribution in [0.5, 0.6) is 17.2 Å². The van der Waals surface area contributed by atoms with E-state index in [2.05, 4.69) is 28.4 Å². The summed E-state index contributed by atoms with van der Waals surface area (Å²) < 4.78 is 11.9. The third-order valence-corrected chi connectivity index (χ3v) is 7.55. The lowest BCUT2D eigenvalue weighted by molar-refractivity contribution is -0.106. The smallest absolute Gasteiger partial charge is 0.218 e. The molecule has 2 aliphatic rings. The quantitative estimate of drug-likeness (QED) is 0.207. The maximum absolute atomic E-state index is 11.7. The number of carbonyl (C=O) groups is 1. The van der Waals surface area contributed by atoms with Gasteiger partial charge in [0.2, 0.25) is 6.41 Å². The van der Waals surface area contributed by atoms with Crippen LogP contribution in [0.3, 0.4) is 0 Å². The standard InChI is InChI=1S/C35H39N3O3/c39-28-38(25-23-36-30-14-19-35(20-15-30)41-34-11-5-2-6-12-34)32-17-21-33(22-18-32)40-27-26-37-24-7-10-31(37)16-13-29-8-3-1-4-9-29/h2-3,5-6,8-9,11-12,14-15,17-23,25,28,31,36H,1,4,7,10,13,16,24,26-27H2/b25-23-. The summed E-state index contributed by atoms with van der Waals surface area (Å²) in [7, 11) is 0. The van der Waals surface area contributed by atoms with Crippen molar-refractivity contribution in [2.75, 3.05) is 29.9 Å². The topological polar surface area (TPSA) is 54.0 Å². The van der Waals surface area contributed by atoms with Crippen LogP contribution in [0.25, 0.3) is 0 Å². The Morgan fingerprint density at radius 2 is 1.71 bits per heavy atom. The van der Waals surface area contributed by atoms with E-state index in [-0.39, 0.29) is 0 Å². The third-order valence-electron chi connectivity index (χ3n) is 7.55. The van der Waals surface area contributed by atoms with E-state index in [1.54, 1.807) is 12.4 Å². The lowest BCUT2D eigenvalue weighted by Gasteiger charge is -2.25. The Morgan fingerprint density at radius 1 is 0.927 bits per heavy atom. The zero-order valence-electron chi connectivity index (χ0n) is 23.5. The van der Waals surface area contributed by atoms with Crippen LogP contribution in [0, 0.1) is 0 Å². The van der Waals surface area contributed by atoms with Crippen LogP contribution in [0.2, 0.25) is 0 Å². The molecule has 0 bridgehead atoms. The minimum atomic E-state index is 0.652. The molecule has 1 N–H and O–H groups in total. The van der Waals surface area contributed by atoms with E-state index in [4.69, 9.17) is 9.47 Å². The molecule has 1 atom stereocenters. The molecule has 1 fully saturated rings. The van der Waals surface area contributed by atoms with E-state index in [9.17, 15) is 4.79 Å². The molecule has 212 valence electrons. The first kappa shape index (κ1) is 28.2. The van der Waals surface area contributed by atoms with Crippen molar-refractivity contribution in [3.05, 3.63) is 115 Å². The van der Waals surface area contributed by atoms with Gasteiger partial charge in [0, 0.05) is 36.4 Å². The number of para-hydroxylation sites is 1. The second kappa shape index (κ2) is 14.9. The summed E-state index contributed by atoms with van der Waals surface area (Å²) in [5.41, 5.74) is 3.15. The average Bonchev–Trinajstić information content (AvgIpc) is 3.48. The number of nitrogens with one attached hydrogen (secondary N) is 1. The van der Waals surface area contributed by atoms with Crippen molar-refractivity contribution >= 4 is 17.8 Å². The molecule has 6 heteroatoms. The van der Waals surface area contributed by atoms with Gasteiger partial charge in [0.25, 0.3) is 0 Å². The van der Waals surface area contributed by atoms with Crippen molar-refractivity contribution in [3.63, 3.8) is 0 Å². The lowest BCUT2D eigenvalue weighted by atomic mass is 9.99. The molecule has 6 nitrogen and oxygen atoms in total. The number of benzene rings is 3. The zero-order valence-corrected chi connectivity index (χ0v) is 23.5. The number of allylic oxidation sites excluding steroid dienone is 4. The molecule has 3 aromatic rings. The minimum Gasteiger partial charge on any atom is -0.492 e. The van der Waals surface area contributed by atoms with E-state index in [1.165, 1.54) is 49.0 Å². The molecule has 1 heterocycles. The Morgan fingerprint density at radius 3 is 2.46 bits per heavy atom. The van der Waals surface area contributed by atoms with Crippen molar-refractivity contribution in [1.82, 2.24) is 4.90 Å². The molecular weight excluding hydrogens is 510 g/mol. The molecule has 0 spiro atoms. The maximum atomic E-state index is 11.7. The number of carbonyl (C=O) groups excluding carboxylic acids is 1. The summed E-state index contributed by atoms with van der Waals surface area (Å²) in [6.07, 6.45) is 18.5. The summed E-state index contributed by atoms with van der Waals surface area (Å²) in [4.78, 5) is 15.8. The second-order valence-electron chi connectivity index (χ2n) is 10.4. The van der Waals surface area contributed by atoms with Gasteiger partial charge >= 0.3 is 0 Å². The van der Waals surface area contributed by atoms with Gasteiger partial charge < -0.3 is 14.8 Å². The first-order valence-electron chi connectivity index (χ1n) is 14.6. The number of amides is 1. The van der Waals surface area contributed by atoms with Gasteiger partial charge in [0.15, 0.2) is 0 Å². The van der Waals surface area contributed by atoms with Gasteiger partial charge in [-0.2, -0.15) is 0 Å². The predicted molar refractivity (Wildman–Crippen MR) is 166 cm³/mol. The molecule has 1 aliphatic carbocycles. The monoisotopic (exact) mass is 549 g/mol. The maximum Gasteiger partial charge on any atom is 0.218 e. The van der Waals surface area contributed by atoms with Crippen LogP contribution in [-0.4, -0.2) is 37.0 Å². The minimum absolute atomic E-state index is 0.652. The van der Waals surface area contributed by atoms with Gasteiger partial charge in [-0.05, 0) is 106 Å². The van der Waals surface area contributed by atoms with Gasteiger partial charge in [0.05, 0.1) is 0 Å². The first-order valence-corrected chi connectivity index (χ1v) is 14.6. The predicted octanol–water partition coefficient (Wildman–Crippen LogP) is 7.92. The molecule has 0 aromatic heterocycles. The zero-order chi connectivity index (χ0) is 28.1. The molecule has 0 radical (unpaired) electrons. The fraction of sp³-hybridized carbons (Fsp3) is 0.286. The second-order valence-corrected chi connectivity index (χ2v) is 10.4. The molecule has 3 aromatic carbocycles. The highest BCUT2D eigenvalue weighted by Crippen LogP contribution is 2.26. The summed E-state index contributed by atoms with van der Waals surface area (Å²) >= 11 is 0. The van der Waals surface area contributed by atoms with Crippen LogP contribution in [0.15, 0.2) is 115 Å². The van der Waals surface area contributed by atoms with Crippen LogP contribution < -0.4 is 19.7 Å². The third kappa shape index (κ3) is 8.60. The van der Waals surface area contributed by atoms with E-state index < -0.39 is 0 Å². The number of likely N-dealkylation sites (tertiary alicyclic amines) is 1. The highest BCUT2D eigenvalue weighted by atomic mass is 16.5. The molecule has 1 saturated heterocycles.